The first-order valence-corrected chi connectivity index (χ1v) is 8.16. The summed E-state index contributed by atoms with van der Waals surface area (Å²) < 4.78 is 1.99. The minimum atomic E-state index is 0.605. The van der Waals surface area contributed by atoms with Gasteiger partial charge >= 0.3 is 0 Å². The first-order valence-electron chi connectivity index (χ1n) is 7.34. The molecule has 4 rings (SSSR count). The highest BCUT2D eigenvalue weighted by molar-refractivity contribution is 7.16. The number of imidazole rings is 1. The number of aldehydes is 1. The fraction of sp³-hybridized carbons (Fsp3) is 0.0588. The predicted molar refractivity (Wildman–Crippen MR) is 95.5 cm³/mol. The molecule has 0 radical (unpaired) electrons. The van der Waals surface area contributed by atoms with Gasteiger partial charge in [0.25, 0.3) is 0 Å². The highest BCUT2D eigenvalue weighted by Crippen LogP contribution is 2.23. The van der Waals surface area contributed by atoms with Crippen LogP contribution in [0, 0.1) is 0 Å². The Kier molecular flexibility index (Phi) is 5.24. The lowest BCUT2D eigenvalue weighted by Crippen LogP contribution is -1.97. The van der Waals surface area contributed by atoms with Crippen LogP contribution in [0.25, 0.3) is 21.6 Å². The van der Waals surface area contributed by atoms with Crippen molar-refractivity contribution >= 4 is 28.5 Å². The zero-order chi connectivity index (χ0) is 17.6. The lowest BCUT2D eigenvalue weighted by atomic mass is 10.1. The van der Waals surface area contributed by atoms with Gasteiger partial charge in [0, 0.05) is 24.0 Å². The standard InChI is InChI=1S/C17H12N4OS.H3NO/c22-10-14-7-19-17(23-14)16-9-21(11-20-16)8-12-5-13-3-1-2-4-15(13)18-6-12;1-2/h1-7,9-11H,8H2;2H,1H2. The van der Waals surface area contributed by atoms with Crippen molar-refractivity contribution in [3.05, 3.63) is 65.7 Å². The van der Waals surface area contributed by atoms with Crippen molar-refractivity contribution in [2.24, 2.45) is 5.90 Å². The molecule has 0 amide bonds. The maximum Gasteiger partial charge on any atom is 0.161 e. The molecule has 0 saturated heterocycles. The van der Waals surface area contributed by atoms with Crippen molar-refractivity contribution in [2.45, 2.75) is 6.54 Å². The van der Waals surface area contributed by atoms with Gasteiger partial charge < -0.3 is 9.77 Å². The SMILES string of the molecule is NO.O=Cc1cnc(-c2cn(Cc3cnc4ccccc4c3)cn2)s1. The van der Waals surface area contributed by atoms with E-state index in [1.54, 1.807) is 12.5 Å². The molecule has 7 nitrogen and oxygen atoms in total. The van der Waals surface area contributed by atoms with Gasteiger partial charge in [-0.1, -0.05) is 18.2 Å². The largest absolute Gasteiger partial charge is 0.332 e. The number of nitrogens with zero attached hydrogens (tertiary/aromatic N) is 4. The number of carbonyl (C=O) groups is 1. The molecule has 0 atom stereocenters. The molecule has 0 bridgehead atoms. The van der Waals surface area contributed by atoms with Crippen LogP contribution < -0.4 is 5.90 Å². The third-order valence-corrected chi connectivity index (χ3v) is 4.45. The van der Waals surface area contributed by atoms with Crippen molar-refractivity contribution in [3.63, 3.8) is 0 Å². The molecule has 0 saturated carbocycles. The quantitative estimate of drug-likeness (QED) is 0.431. The molecule has 3 aromatic heterocycles. The van der Waals surface area contributed by atoms with Crippen LogP contribution in [0.2, 0.25) is 0 Å². The van der Waals surface area contributed by atoms with Gasteiger partial charge in [0.1, 0.15) is 10.7 Å². The number of aromatic nitrogens is 4. The summed E-state index contributed by atoms with van der Waals surface area (Å²) in [5.41, 5.74) is 2.88. The molecule has 0 aliphatic heterocycles. The van der Waals surface area contributed by atoms with Gasteiger partial charge in [-0.15, -0.1) is 11.3 Å². The molecule has 0 aliphatic rings. The first-order chi connectivity index (χ1) is 12.3. The number of rotatable bonds is 4. The van der Waals surface area contributed by atoms with E-state index in [4.69, 9.17) is 5.21 Å². The zero-order valence-corrected chi connectivity index (χ0v) is 13.9. The number of carbonyl (C=O) groups excluding carboxylic acids is 1. The maximum atomic E-state index is 10.7. The van der Waals surface area contributed by atoms with Crippen LogP contribution in [-0.2, 0) is 6.54 Å². The van der Waals surface area contributed by atoms with Crippen molar-refractivity contribution < 1.29 is 10.0 Å². The molecule has 3 N–H and O–H groups in total. The van der Waals surface area contributed by atoms with E-state index in [-0.39, 0.29) is 0 Å². The van der Waals surface area contributed by atoms with E-state index in [1.165, 1.54) is 11.3 Å². The Bertz CT molecular complexity index is 995. The molecule has 8 heteroatoms. The summed E-state index contributed by atoms with van der Waals surface area (Å²) >= 11 is 1.34. The molecule has 1 aromatic carbocycles. The summed E-state index contributed by atoms with van der Waals surface area (Å²) in [5, 5.41) is 8.38. The van der Waals surface area contributed by atoms with Crippen LogP contribution in [0.5, 0.6) is 0 Å². The fourth-order valence-corrected chi connectivity index (χ4v) is 3.12. The average molecular weight is 353 g/mol. The molecule has 0 aliphatic carbocycles. The molecule has 0 spiro atoms. The Hall–Kier alpha value is -2.94. The van der Waals surface area contributed by atoms with Crippen molar-refractivity contribution in [1.82, 2.24) is 19.5 Å². The van der Waals surface area contributed by atoms with E-state index in [2.05, 4.69) is 33.0 Å². The van der Waals surface area contributed by atoms with E-state index < -0.39 is 0 Å². The molecular weight excluding hydrogens is 338 g/mol. The van der Waals surface area contributed by atoms with Crippen LogP contribution in [0.3, 0.4) is 0 Å². The topological polar surface area (TPSA) is 107 Å². The van der Waals surface area contributed by atoms with Gasteiger partial charge in [-0.25, -0.2) is 15.9 Å². The summed E-state index contributed by atoms with van der Waals surface area (Å²) in [6.07, 6.45) is 7.96. The number of nitrogens with two attached hydrogens (primary N) is 1. The number of hydrogen-bond donors (Lipinski definition) is 2. The van der Waals surface area contributed by atoms with Crippen molar-refractivity contribution in [3.8, 4) is 10.7 Å². The third-order valence-electron chi connectivity index (χ3n) is 3.50. The summed E-state index contributed by atoms with van der Waals surface area (Å²) in [7, 11) is 0. The molecule has 0 unspecified atom stereocenters. The van der Waals surface area contributed by atoms with Crippen LogP contribution in [0.1, 0.15) is 15.2 Å². The molecule has 4 aromatic rings. The monoisotopic (exact) mass is 353 g/mol. The van der Waals surface area contributed by atoms with Crippen LogP contribution in [0.15, 0.2) is 55.2 Å². The van der Waals surface area contributed by atoms with E-state index in [1.807, 2.05) is 35.2 Å². The predicted octanol–water partition coefficient (Wildman–Crippen LogP) is 2.75. The Morgan fingerprint density at radius 1 is 1.16 bits per heavy atom. The second-order valence-corrected chi connectivity index (χ2v) is 6.22. The number of thiazole rings is 1. The van der Waals surface area contributed by atoms with Crippen molar-refractivity contribution in [1.29, 1.82) is 0 Å². The van der Waals surface area contributed by atoms with E-state index in [0.717, 1.165) is 33.5 Å². The van der Waals surface area contributed by atoms with Gasteiger partial charge in [-0.05, 0) is 17.7 Å². The molecule has 0 fully saturated rings. The maximum absolute atomic E-state index is 10.7. The third kappa shape index (κ3) is 3.77. The summed E-state index contributed by atoms with van der Waals surface area (Å²) in [6, 6.07) is 10.2. The summed E-state index contributed by atoms with van der Waals surface area (Å²) in [5.74, 6) is 3.50. The lowest BCUT2D eigenvalue weighted by Gasteiger charge is -2.03. The highest BCUT2D eigenvalue weighted by atomic mass is 32.1. The zero-order valence-electron chi connectivity index (χ0n) is 13.1. The Balaban J connectivity index is 0.000000880. The number of hydrogen-bond acceptors (Lipinski definition) is 7. The minimum absolute atomic E-state index is 0.605. The number of pyridine rings is 1. The van der Waals surface area contributed by atoms with Gasteiger partial charge in [-0.3, -0.25) is 9.78 Å². The Morgan fingerprint density at radius 3 is 2.80 bits per heavy atom. The molecule has 126 valence electrons. The average Bonchev–Trinajstić information content (AvgIpc) is 3.32. The smallest absolute Gasteiger partial charge is 0.161 e. The van der Waals surface area contributed by atoms with E-state index in [9.17, 15) is 4.79 Å². The fourth-order valence-electron chi connectivity index (χ4n) is 2.43. The van der Waals surface area contributed by atoms with Crippen molar-refractivity contribution in [2.75, 3.05) is 0 Å². The summed E-state index contributed by atoms with van der Waals surface area (Å²) in [4.78, 5) is 24.4. The Labute approximate surface area is 147 Å². The van der Waals surface area contributed by atoms with Gasteiger partial charge in [0.15, 0.2) is 6.29 Å². The number of para-hydroxylation sites is 1. The van der Waals surface area contributed by atoms with Gasteiger partial charge in [0.2, 0.25) is 0 Å². The highest BCUT2D eigenvalue weighted by Gasteiger charge is 2.08. The summed E-state index contributed by atoms with van der Waals surface area (Å²) in [6.45, 7) is 0.691. The normalized spacial score (nSPS) is 10.3. The second-order valence-electron chi connectivity index (χ2n) is 5.15. The second kappa shape index (κ2) is 7.75. The minimum Gasteiger partial charge on any atom is -0.332 e. The Morgan fingerprint density at radius 2 is 2.00 bits per heavy atom. The van der Waals surface area contributed by atoms with Crippen LogP contribution in [-0.4, -0.2) is 31.0 Å². The lowest BCUT2D eigenvalue weighted by molar-refractivity contribution is 0.112. The molecule has 3 heterocycles. The van der Waals surface area contributed by atoms with E-state index in [0.29, 0.717) is 11.4 Å². The van der Waals surface area contributed by atoms with Gasteiger partial charge in [0.05, 0.1) is 23.3 Å². The number of fused-ring (bicyclic) bond motifs is 1. The molecular formula is C17H15N5O2S. The van der Waals surface area contributed by atoms with Crippen LogP contribution >= 0.6 is 11.3 Å². The first kappa shape index (κ1) is 16.9. The van der Waals surface area contributed by atoms with E-state index >= 15 is 0 Å². The molecule has 25 heavy (non-hydrogen) atoms. The van der Waals surface area contributed by atoms with Crippen LogP contribution in [0.4, 0.5) is 0 Å². The number of benzene rings is 1. The van der Waals surface area contributed by atoms with Gasteiger partial charge in [-0.2, -0.15) is 0 Å².